The van der Waals surface area contributed by atoms with Gasteiger partial charge < -0.3 is 10.6 Å². The average Bonchev–Trinajstić information content (AvgIpc) is 2.98. The first kappa shape index (κ1) is 11.0. The molecule has 2 N–H and O–H groups in total. The molecule has 1 saturated carbocycles. The minimum atomic E-state index is 0.400. The van der Waals surface area contributed by atoms with E-state index in [2.05, 4.69) is 46.1 Å². The smallest absolute Gasteiger partial charge is 0.0375 e. The zero-order valence-corrected chi connectivity index (χ0v) is 10.6. The third kappa shape index (κ3) is 2.52. The first-order valence-electron chi connectivity index (χ1n) is 5.32. The standard InChI is InChI=1S/C12H17BrN2/c1-15(9-12(8-14)5-6-12)11-4-2-3-10(13)7-11/h2-4,7H,5-6,8-9,14H2,1H3. The number of hydrogen-bond acceptors (Lipinski definition) is 2. The fourth-order valence-corrected chi connectivity index (χ4v) is 2.30. The molecule has 3 heteroatoms. The first-order valence-corrected chi connectivity index (χ1v) is 6.11. The van der Waals surface area contributed by atoms with Gasteiger partial charge in [-0.05, 0) is 37.6 Å². The van der Waals surface area contributed by atoms with Crippen LogP contribution in [0.3, 0.4) is 0 Å². The number of halogens is 1. The summed E-state index contributed by atoms with van der Waals surface area (Å²) >= 11 is 3.49. The van der Waals surface area contributed by atoms with Crippen LogP contribution in [-0.4, -0.2) is 20.1 Å². The average molecular weight is 269 g/mol. The number of nitrogens with zero attached hydrogens (tertiary/aromatic N) is 1. The lowest BCUT2D eigenvalue weighted by molar-refractivity contribution is 0.523. The molecule has 2 nitrogen and oxygen atoms in total. The van der Waals surface area contributed by atoms with Gasteiger partial charge in [-0.2, -0.15) is 0 Å². The zero-order chi connectivity index (χ0) is 10.9. The molecule has 2 rings (SSSR count). The van der Waals surface area contributed by atoms with Crippen molar-refractivity contribution in [3.05, 3.63) is 28.7 Å². The van der Waals surface area contributed by atoms with E-state index in [1.807, 2.05) is 6.07 Å². The second-order valence-corrected chi connectivity index (χ2v) is 5.46. The van der Waals surface area contributed by atoms with Crippen molar-refractivity contribution in [1.82, 2.24) is 0 Å². The van der Waals surface area contributed by atoms with Crippen molar-refractivity contribution in [1.29, 1.82) is 0 Å². The van der Waals surface area contributed by atoms with Crippen LogP contribution in [0.25, 0.3) is 0 Å². The van der Waals surface area contributed by atoms with Gasteiger partial charge in [0.1, 0.15) is 0 Å². The van der Waals surface area contributed by atoms with Crippen molar-refractivity contribution >= 4 is 21.6 Å². The normalized spacial score (nSPS) is 17.5. The number of anilines is 1. The topological polar surface area (TPSA) is 29.3 Å². The van der Waals surface area contributed by atoms with E-state index >= 15 is 0 Å². The predicted octanol–water partition coefficient (Wildman–Crippen LogP) is 2.62. The fourth-order valence-electron chi connectivity index (χ4n) is 1.91. The van der Waals surface area contributed by atoms with Crippen molar-refractivity contribution in [3.63, 3.8) is 0 Å². The third-order valence-corrected chi connectivity index (χ3v) is 3.70. The highest BCUT2D eigenvalue weighted by molar-refractivity contribution is 9.10. The second kappa shape index (κ2) is 4.14. The molecule has 0 aromatic heterocycles. The molecule has 0 aliphatic heterocycles. The van der Waals surface area contributed by atoms with Crippen LogP contribution in [0.1, 0.15) is 12.8 Å². The summed E-state index contributed by atoms with van der Waals surface area (Å²) in [4.78, 5) is 2.30. The molecule has 1 aromatic carbocycles. The Bertz CT molecular complexity index is 347. The van der Waals surface area contributed by atoms with E-state index in [1.54, 1.807) is 0 Å². The number of hydrogen-bond donors (Lipinski definition) is 1. The fraction of sp³-hybridized carbons (Fsp3) is 0.500. The van der Waals surface area contributed by atoms with Crippen LogP contribution in [0.4, 0.5) is 5.69 Å². The number of benzene rings is 1. The second-order valence-electron chi connectivity index (χ2n) is 4.54. The lowest BCUT2D eigenvalue weighted by Gasteiger charge is -2.24. The van der Waals surface area contributed by atoms with Gasteiger partial charge in [0.15, 0.2) is 0 Å². The molecular weight excluding hydrogens is 252 g/mol. The Hall–Kier alpha value is -0.540. The summed E-state index contributed by atoms with van der Waals surface area (Å²) in [6, 6.07) is 8.40. The van der Waals surface area contributed by atoms with Gasteiger partial charge in [0.25, 0.3) is 0 Å². The zero-order valence-electron chi connectivity index (χ0n) is 9.04. The summed E-state index contributed by atoms with van der Waals surface area (Å²) < 4.78 is 1.13. The summed E-state index contributed by atoms with van der Waals surface area (Å²) in [5.74, 6) is 0. The summed E-state index contributed by atoms with van der Waals surface area (Å²) in [6.07, 6.45) is 2.56. The monoisotopic (exact) mass is 268 g/mol. The summed E-state index contributed by atoms with van der Waals surface area (Å²) in [5, 5.41) is 0. The molecule has 1 aromatic rings. The van der Waals surface area contributed by atoms with Gasteiger partial charge in [0, 0.05) is 29.2 Å². The van der Waals surface area contributed by atoms with Crippen LogP contribution >= 0.6 is 15.9 Å². The molecule has 0 heterocycles. The number of rotatable bonds is 4. The molecule has 0 saturated heterocycles. The van der Waals surface area contributed by atoms with E-state index in [-0.39, 0.29) is 0 Å². The lowest BCUT2D eigenvalue weighted by atomic mass is 10.1. The summed E-state index contributed by atoms with van der Waals surface area (Å²) in [7, 11) is 2.14. The van der Waals surface area contributed by atoms with Crippen LogP contribution in [0.2, 0.25) is 0 Å². The van der Waals surface area contributed by atoms with E-state index in [9.17, 15) is 0 Å². The van der Waals surface area contributed by atoms with Crippen LogP contribution in [0.5, 0.6) is 0 Å². The summed E-state index contributed by atoms with van der Waals surface area (Å²) in [6.45, 7) is 1.88. The Morgan fingerprint density at radius 2 is 2.20 bits per heavy atom. The summed E-state index contributed by atoms with van der Waals surface area (Å²) in [5.41, 5.74) is 7.44. The molecule has 1 aliphatic carbocycles. The highest BCUT2D eigenvalue weighted by Gasteiger charge is 2.41. The molecule has 15 heavy (non-hydrogen) atoms. The molecule has 0 atom stereocenters. The van der Waals surface area contributed by atoms with E-state index in [4.69, 9.17) is 5.73 Å². The van der Waals surface area contributed by atoms with Gasteiger partial charge in [-0.25, -0.2) is 0 Å². The van der Waals surface area contributed by atoms with Gasteiger partial charge in [-0.15, -0.1) is 0 Å². The molecule has 0 amide bonds. The Labute approximate surface area is 99.6 Å². The number of nitrogens with two attached hydrogens (primary N) is 1. The minimum absolute atomic E-state index is 0.400. The van der Waals surface area contributed by atoms with Crippen LogP contribution in [0, 0.1) is 5.41 Å². The molecule has 82 valence electrons. The Morgan fingerprint density at radius 1 is 1.47 bits per heavy atom. The molecule has 0 radical (unpaired) electrons. The van der Waals surface area contributed by atoms with Crippen LogP contribution < -0.4 is 10.6 Å². The van der Waals surface area contributed by atoms with Gasteiger partial charge in [0.2, 0.25) is 0 Å². The maximum absolute atomic E-state index is 5.79. The van der Waals surface area contributed by atoms with Crippen molar-refractivity contribution in [2.75, 3.05) is 25.0 Å². The molecular formula is C12H17BrN2. The highest BCUT2D eigenvalue weighted by atomic mass is 79.9. The molecule has 1 fully saturated rings. The van der Waals surface area contributed by atoms with Gasteiger partial charge in [-0.3, -0.25) is 0 Å². The Kier molecular flexibility index (Phi) is 3.03. The quantitative estimate of drug-likeness (QED) is 0.910. The predicted molar refractivity (Wildman–Crippen MR) is 68.1 cm³/mol. The maximum atomic E-state index is 5.79. The maximum Gasteiger partial charge on any atom is 0.0375 e. The van der Waals surface area contributed by atoms with E-state index in [0.29, 0.717) is 5.41 Å². The van der Waals surface area contributed by atoms with Crippen LogP contribution in [0.15, 0.2) is 28.7 Å². The molecule has 0 bridgehead atoms. The van der Waals surface area contributed by atoms with Crippen molar-refractivity contribution in [2.45, 2.75) is 12.8 Å². The molecule has 0 unspecified atom stereocenters. The van der Waals surface area contributed by atoms with Crippen molar-refractivity contribution < 1.29 is 0 Å². The Morgan fingerprint density at radius 3 is 2.73 bits per heavy atom. The molecule has 0 spiro atoms. The largest absolute Gasteiger partial charge is 0.374 e. The Balaban J connectivity index is 2.04. The van der Waals surface area contributed by atoms with Crippen molar-refractivity contribution in [3.8, 4) is 0 Å². The highest BCUT2D eigenvalue weighted by Crippen LogP contribution is 2.45. The third-order valence-electron chi connectivity index (χ3n) is 3.21. The van der Waals surface area contributed by atoms with E-state index < -0.39 is 0 Å². The van der Waals surface area contributed by atoms with Crippen LogP contribution in [-0.2, 0) is 0 Å². The van der Waals surface area contributed by atoms with Crippen molar-refractivity contribution in [2.24, 2.45) is 11.1 Å². The first-order chi connectivity index (χ1) is 7.15. The molecule has 1 aliphatic rings. The SMILES string of the molecule is CN(CC1(CN)CC1)c1cccc(Br)c1. The van der Waals surface area contributed by atoms with E-state index in [0.717, 1.165) is 17.6 Å². The minimum Gasteiger partial charge on any atom is -0.374 e. The van der Waals surface area contributed by atoms with Gasteiger partial charge >= 0.3 is 0 Å². The van der Waals surface area contributed by atoms with Gasteiger partial charge in [0.05, 0.1) is 0 Å². The lowest BCUT2D eigenvalue weighted by Crippen LogP contribution is -2.31. The van der Waals surface area contributed by atoms with Gasteiger partial charge in [-0.1, -0.05) is 22.0 Å². The van der Waals surface area contributed by atoms with E-state index in [1.165, 1.54) is 18.5 Å².